The third-order valence-electron chi connectivity index (χ3n) is 5.03. The highest BCUT2D eigenvalue weighted by atomic mass is 16.5. The van der Waals surface area contributed by atoms with E-state index in [0.29, 0.717) is 13.1 Å². The van der Waals surface area contributed by atoms with E-state index in [1.165, 1.54) is 6.33 Å². The summed E-state index contributed by atoms with van der Waals surface area (Å²) in [5.41, 5.74) is 2.51. The number of hydrogen-bond donors (Lipinski definition) is 1. The van der Waals surface area contributed by atoms with Gasteiger partial charge in [-0.25, -0.2) is 14.6 Å². The Labute approximate surface area is 173 Å². The summed E-state index contributed by atoms with van der Waals surface area (Å²) in [4.78, 5) is 22.8. The van der Waals surface area contributed by atoms with Crippen molar-refractivity contribution in [3.8, 4) is 11.4 Å². The highest BCUT2D eigenvalue weighted by molar-refractivity contribution is 5.97. The minimum absolute atomic E-state index is 0.0257. The van der Waals surface area contributed by atoms with E-state index < -0.39 is 0 Å². The molecule has 2 aromatic heterocycles. The van der Waals surface area contributed by atoms with Gasteiger partial charge in [-0.05, 0) is 30.7 Å². The first-order valence-electron chi connectivity index (χ1n) is 9.81. The Kier molecular flexibility index (Phi) is 4.72. The van der Waals surface area contributed by atoms with Crippen molar-refractivity contribution in [2.45, 2.75) is 6.42 Å². The number of aromatic nitrogens is 4. The predicted octanol–water partition coefficient (Wildman–Crippen LogP) is 3.04. The van der Waals surface area contributed by atoms with Gasteiger partial charge in [0.15, 0.2) is 12.3 Å². The van der Waals surface area contributed by atoms with E-state index in [1.54, 1.807) is 15.8 Å². The summed E-state index contributed by atoms with van der Waals surface area (Å²) in [5.74, 6) is 1.45. The highest BCUT2D eigenvalue weighted by Gasteiger charge is 2.24. The minimum Gasteiger partial charge on any atom is -0.482 e. The average Bonchev–Trinajstić information content (AvgIpc) is 3.23. The number of fused-ring (bicyclic) bond motifs is 2. The minimum atomic E-state index is -0.0257. The van der Waals surface area contributed by atoms with Crippen LogP contribution in [0.1, 0.15) is 6.42 Å². The van der Waals surface area contributed by atoms with Crippen molar-refractivity contribution >= 4 is 28.4 Å². The van der Waals surface area contributed by atoms with E-state index >= 15 is 0 Å². The molecule has 150 valence electrons. The van der Waals surface area contributed by atoms with Crippen LogP contribution in [0.5, 0.6) is 5.75 Å². The maximum absolute atomic E-state index is 12.3. The summed E-state index contributed by atoms with van der Waals surface area (Å²) >= 11 is 0. The maximum Gasteiger partial charge on any atom is 0.265 e. The van der Waals surface area contributed by atoms with Crippen LogP contribution in [0.15, 0.2) is 67.1 Å². The Morgan fingerprint density at radius 2 is 1.87 bits per heavy atom. The third kappa shape index (κ3) is 3.32. The molecule has 8 heteroatoms. The van der Waals surface area contributed by atoms with Gasteiger partial charge in [0.1, 0.15) is 17.9 Å². The number of ether oxygens (including phenoxy) is 1. The van der Waals surface area contributed by atoms with Crippen molar-refractivity contribution in [2.24, 2.45) is 0 Å². The average molecular weight is 400 g/mol. The van der Waals surface area contributed by atoms with Crippen LogP contribution in [0.3, 0.4) is 0 Å². The van der Waals surface area contributed by atoms with Crippen molar-refractivity contribution in [1.29, 1.82) is 0 Å². The lowest BCUT2D eigenvalue weighted by Crippen LogP contribution is -2.39. The number of benzene rings is 2. The molecule has 30 heavy (non-hydrogen) atoms. The fourth-order valence-corrected chi connectivity index (χ4v) is 3.59. The molecule has 3 heterocycles. The zero-order valence-electron chi connectivity index (χ0n) is 16.2. The van der Waals surface area contributed by atoms with Gasteiger partial charge in [-0.3, -0.25) is 4.79 Å². The lowest BCUT2D eigenvalue weighted by molar-refractivity contribution is -0.121. The largest absolute Gasteiger partial charge is 0.482 e. The van der Waals surface area contributed by atoms with E-state index in [2.05, 4.69) is 20.4 Å². The number of anilines is 2. The van der Waals surface area contributed by atoms with Crippen LogP contribution in [0, 0.1) is 0 Å². The summed E-state index contributed by atoms with van der Waals surface area (Å²) in [6.45, 7) is 1.34. The Bertz CT molecular complexity index is 1190. The van der Waals surface area contributed by atoms with Crippen LogP contribution in [0.2, 0.25) is 0 Å². The van der Waals surface area contributed by atoms with E-state index in [-0.39, 0.29) is 12.5 Å². The van der Waals surface area contributed by atoms with E-state index in [0.717, 1.165) is 40.4 Å². The molecule has 4 aromatic rings. The van der Waals surface area contributed by atoms with E-state index in [1.807, 2.05) is 54.6 Å². The summed E-state index contributed by atoms with van der Waals surface area (Å²) < 4.78 is 7.29. The standard InChI is InChI=1S/C22H20N6O2/c29-20-14-30-19-10-5-4-9-18(19)27(20)12-6-11-23-21-17-13-26-28(22(17)25-15-24-21)16-7-2-1-3-8-16/h1-5,7-10,13,15H,6,11-12,14H2,(H,23,24,25). The number of nitrogens with one attached hydrogen (secondary N) is 1. The first kappa shape index (κ1) is 18.1. The Morgan fingerprint density at radius 3 is 2.77 bits per heavy atom. The summed E-state index contributed by atoms with van der Waals surface area (Å²) in [6.07, 6.45) is 4.07. The molecule has 1 amide bonds. The van der Waals surface area contributed by atoms with Crippen molar-refractivity contribution in [1.82, 2.24) is 19.7 Å². The van der Waals surface area contributed by atoms with Crippen molar-refractivity contribution in [2.75, 3.05) is 29.9 Å². The van der Waals surface area contributed by atoms with Crippen molar-refractivity contribution in [3.05, 3.63) is 67.1 Å². The van der Waals surface area contributed by atoms with Crippen LogP contribution in [-0.2, 0) is 4.79 Å². The second-order valence-corrected chi connectivity index (χ2v) is 6.93. The third-order valence-corrected chi connectivity index (χ3v) is 5.03. The number of carbonyl (C=O) groups is 1. The second-order valence-electron chi connectivity index (χ2n) is 6.93. The van der Waals surface area contributed by atoms with Gasteiger partial charge in [0.2, 0.25) is 0 Å². The first-order chi connectivity index (χ1) is 14.8. The molecule has 0 saturated heterocycles. The number of nitrogens with zero attached hydrogens (tertiary/aromatic N) is 5. The molecule has 0 radical (unpaired) electrons. The van der Waals surface area contributed by atoms with E-state index in [9.17, 15) is 4.79 Å². The molecule has 2 aromatic carbocycles. The highest BCUT2D eigenvalue weighted by Crippen LogP contribution is 2.31. The molecule has 1 aliphatic heterocycles. The van der Waals surface area contributed by atoms with Crippen LogP contribution in [-0.4, -0.2) is 45.4 Å². The molecule has 0 atom stereocenters. The fourth-order valence-electron chi connectivity index (χ4n) is 3.59. The molecule has 0 aliphatic carbocycles. The van der Waals surface area contributed by atoms with Crippen molar-refractivity contribution in [3.63, 3.8) is 0 Å². The Hall–Kier alpha value is -3.94. The quantitative estimate of drug-likeness (QED) is 0.501. The predicted molar refractivity (Wildman–Crippen MR) is 114 cm³/mol. The molecule has 1 aliphatic rings. The van der Waals surface area contributed by atoms with Crippen LogP contribution >= 0.6 is 0 Å². The summed E-state index contributed by atoms with van der Waals surface area (Å²) in [5, 5.41) is 8.68. The molecule has 0 spiro atoms. The number of amides is 1. The van der Waals surface area contributed by atoms with Gasteiger partial charge in [0.25, 0.3) is 5.91 Å². The summed E-state index contributed by atoms with van der Waals surface area (Å²) in [7, 11) is 0. The molecular formula is C22H20N6O2. The van der Waals surface area contributed by atoms with Gasteiger partial charge >= 0.3 is 0 Å². The zero-order valence-corrected chi connectivity index (χ0v) is 16.2. The SMILES string of the molecule is O=C1COc2ccccc2N1CCCNc1ncnc2c1cnn2-c1ccccc1. The molecule has 5 rings (SSSR count). The maximum atomic E-state index is 12.3. The number of carbonyl (C=O) groups excluding carboxylic acids is 1. The Balaban J connectivity index is 1.28. The molecule has 0 unspecified atom stereocenters. The Morgan fingerprint density at radius 1 is 1.03 bits per heavy atom. The molecule has 8 nitrogen and oxygen atoms in total. The molecule has 0 saturated carbocycles. The molecule has 0 fully saturated rings. The monoisotopic (exact) mass is 400 g/mol. The lowest BCUT2D eigenvalue weighted by Gasteiger charge is -2.29. The smallest absolute Gasteiger partial charge is 0.265 e. The van der Waals surface area contributed by atoms with Crippen molar-refractivity contribution < 1.29 is 9.53 Å². The topological polar surface area (TPSA) is 85.2 Å². The number of hydrogen-bond acceptors (Lipinski definition) is 6. The van der Waals surface area contributed by atoms with Gasteiger partial charge in [-0.2, -0.15) is 5.10 Å². The molecular weight excluding hydrogens is 380 g/mol. The first-order valence-corrected chi connectivity index (χ1v) is 9.81. The zero-order chi connectivity index (χ0) is 20.3. The van der Waals surface area contributed by atoms with Gasteiger partial charge in [0.05, 0.1) is 23.0 Å². The molecule has 1 N–H and O–H groups in total. The lowest BCUT2D eigenvalue weighted by atomic mass is 10.2. The van der Waals surface area contributed by atoms with Gasteiger partial charge in [-0.15, -0.1) is 0 Å². The van der Waals surface area contributed by atoms with Gasteiger partial charge in [0, 0.05) is 13.1 Å². The normalized spacial score (nSPS) is 13.2. The van der Waals surface area contributed by atoms with E-state index in [4.69, 9.17) is 4.74 Å². The second kappa shape index (κ2) is 7.82. The number of rotatable bonds is 6. The summed E-state index contributed by atoms with van der Waals surface area (Å²) in [6, 6.07) is 17.5. The van der Waals surface area contributed by atoms with Gasteiger partial charge in [-0.1, -0.05) is 30.3 Å². The fraction of sp³-hybridized carbons (Fsp3) is 0.182. The van der Waals surface area contributed by atoms with Gasteiger partial charge < -0.3 is 15.0 Å². The number of para-hydroxylation sites is 3. The van der Waals surface area contributed by atoms with Crippen LogP contribution < -0.4 is 15.0 Å². The van der Waals surface area contributed by atoms with Crippen LogP contribution in [0.25, 0.3) is 16.7 Å². The van der Waals surface area contributed by atoms with Crippen LogP contribution in [0.4, 0.5) is 11.5 Å². The molecule has 0 bridgehead atoms.